The van der Waals surface area contributed by atoms with Crippen molar-refractivity contribution in [2.75, 3.05) is 11.9 Å². The van der Waals surface area contributed by atoms with Gasteiger partial charge in [0.25, 0.3) is 0 Å². The number of anilines is 1. The first kappa shape index (κ1) is 17.1. The summed E-state index contributed by atoms with van der Waals surface area (Å²) < 4.78 is 0.983. The van der Waals surface area contributed by atoms with Crippen molar-refractivity contribution in [3.8, 4) is 0 Å². The average molecular weight is 393 g/mol. The van der Waals surface area contributed by atoms with E-state index in [0.29, 0.717) is 5.69 Å². The molecule has 5 nitrogen and oxygen atoms in total. The van der Waals surface area contributed by atoms with Crippen molar-refractivity contribution in [1.82, 2.24) is 4.90 Å². The summed E-state index contributed by atoms with van der Waals surface area (Å²) in [5.74, 6) is -0.659. The molecule has 2 atom stereocenters. The number of carbonyl (C=O) groups excluding carboxylic acids is 3. The zero-order chi connectivity index (χ0) is 17.3. The molecule has 6 heteroatoms. The van der Waals surface area contributed by atoms with E-state index < -0.39 is 0 Å². The minimum atomic E-state index is -0.188. The summed E-state index contributed by atoms with van der Waals surface area (Å²) in [7, 11) is 0. The molecule has 0 aromatic heterocycles. The molecule has 1 aromatic carbocycles. The van der Waals surface area contributed by atoms with E-state index in [1.165, 1.54) is 4.90 Å². The molecule has 128 valence electrons. The third-order valence-corrected chi connectivity index (χ3v) is 5.83. The highest BCUT2D eigenvalue weighted by molar-refractivity contribution is 9.10. The smallest absolute Gasteiger partial charge is 0.233 e. The number of halogens is 1. The first-order valence-electron chi connectivity index (χ1n) is 8.38. The third-order valence-electron chi connectivity index (χ3n) is 4.94. The molecule has 1 heterocycles. The fourth-order valence-electron chi connectivity index (χ4n) is 3.61. The number of benzene rings is 1. The maximum Gasteiger partial charge on any atom is 0.233 e. The fourth-order valence-corrected chi connectivity index (χ4v) is 3.86. The van der Waals surface area contributed by atoms with Gasteiger partial charge in [-0.15, -0.1) is 0 Å². The number of hydrogen-bond acceptors (Lipinski definition) is 3. The number of aryl methyl sites for hydroxylation is 1. The lowest BCUT2D eigenvalue weighted by Gasteiger charge is -2.19. The van der Waals surface area contributed by atoms with Gasteiger partial charge in [-0.25, -0.2) is 0 Å². The molecule has 0 spiro atoms. The Morgan fingerprint density at radius 1 is 1.21 bits per heavy atom. The van der Waals surface area contributed by atoms with Crippen molar-refractivity contribution in [2.45, 2.75) is 39.0 Å². The molecule has 1 aliphatic heterocycles. The Labute approximate surface area is 149 Å². The molecule has 2 fully saturated rings. The van der Waals surface area contributed by atoms with Crippen molar-refractivity contribution in [2.24, 2.45) is 11.8 Å². The van der Waals surface area contributed by atoms with Crippen molar-refractivity contribution < 1.29 is 14.4 Å². The molecule has 1 saturated heterocycles. The Morgan fingerprint density at radius 3 is 2.42 bits per heavy atom. The molecule has 24 heavy (non-hydrogen) atoms. The average Bonchev–Trinajstić information content (AvgIpc) is 2.81. The molecule has 0 bridgehead atoms. The fraction of sp³-hybridized carbons (Fsp3) is 0.500. The van der Waals surface area contributed by atoms with Crippen molar-refractivity contribution in [3.63, 3.8) is 0 Å². The SMILES string of the molecule is Cc1cc(NC(=O)CCN2C(=O)[C@H]3CCCC[C@@H]3C2=O)ccc1Br. The second-order valence-electron chi connectivity index (χ2n) is 6.59. The van der Waals surface area contributed by atoms with E-state index in [1.54, 1.807) is 0 Å². The number of rotatable bonds is 4. The van der Waals surface area contributed by atoms with E-state index in [4.69, 9.17) is 0 Å². The number of carbonyl (C=O) groups is 3. The van der Waals surface area contributed by atoms with Crippen LogP contribution in [0.1, 0.15) is 37.7 Å². The van der Waals surface area contributed by atoms with Crippen LogP contribution in [0.3, 0.4) is 0 Å². The molecule has 3 amide bonds. The van der Waals surface area contributed by atoms with Crippen LogP contribution in [0.15, 0.2) is 22.7 Å². The number of amides is 3. The van der Waals surface area contributed by atoms with Gasteiger partial charge in [-0.3, -0.25) is 19.3 Å². The number of fused-ring (bicyclic) bond motifs is 1. The Bertz CT molecular complexity index is 665. The summed E-state index contributed by atoms with van der Waals surface area (Å²) in [4.78, 5) is 38.2. The lowest BCUT2D eigenvalue weighted by Crippen LogP contribution is -2.34. The van der Waals surface area contributed by atoms with Crippen molar-refractivity contribution in [1.29, 1.82) is 0 Å². The van der Waals surface area contributed by atoms with Crippen molar-refractivity contribution >= 4 is 39.3 Å². The lowest BCUT2D eigenvalue weighted by atomic mass is 9.81. The second-order valence-corrected chi connectivity index (χ2v) is 7.44. The Kier molecular flexibility index (Phi) is 5.04. The molecule has 1 saturated carbocycles. The number of nitrogens with one attached hydrogen (secondary N) is 1. The van der Waals surface area contributed by atoms with Gasteiger partial charge in [0.1, 0.15) is 0 Å². The zero-order valence-corrected chi connectivity index (χ0v) is 15.3. The van der Waals surface area contributed by atoms with Crippen LogP contribution < -0.4 is 5.32 Å². The predicted molar refractivity (Wildman–Crippen MR) is 94.3 cm³/mol. The summed E-state index contributed by atoms with van der Waals surface area (Å²) in [5.41, 5.74) is 1.75. The highest BCUT2D eigenvalue weighted by Gasteiger charge is 2.47. The number of hydrogen-bond donors (Lipinski definition) is 1. The van der Waals surface area contributed by atoms with Gasteiger partial charge in [-0.2, -0.15) is 0 Å². The maximum absolute atomic E-state index is 12.4. The van der Waals surface area contributed by atoms with Gasteiger partial charge < -0.3 is 5.32 Å². The lowest BCUT2D eigenvalue weighted by molar-refractivity contribution is -0.140. The molecule has 1 aromatic rings. The monoisotopic (exact) mass is 392 g/mol. The zero-order valence-electron chi connectivity index (χ0n) is 13.7. The van der Waals surface area contributed by atoms with Gasteiger partial charge in [-0.1, -0.05) is 28.8 Å². The van der Waals surface area contributed by atoms with Crippen LogP contribution >= 0.6 is 15.9 Å². The molecule has 0 radical (unpaired) electrons. The Morgan fingerprint density at radius 2 is 1.83 bits per heavy atom. The normalized spacial score (nSPS) is 23.3. The van der Waals surface area contributed by atoms with Gasteiger partial charge in [0.15, 0.2) is 0 Å². The van der Waals surface area contributed by atoms with Crippen LogP contribution in [0.4, 0.5) is 5.69 Å². The van der Waals surface area contributed by atoms with E-state index >= 15 is 0 Å². The van der Waals surface area contributed by atoms with Gasteiger partial charge in [0.2, 0.25) is 17.7 Å². The van der Waals surface area contributed by atoms with Crippen LogP contribution in [-0.4, -0.2) is 29.2 Å². The largest absolute Gasteiger partial charge is 0.326 e. The maximum atomic E-state index is 12.4. The molecule has 1 N–H and O–H groups in total. The molecular formula is C18H21BrN2O3. The Hall–Kier alpha value is -1.69. The molecule has 0 unspecified atom stereocenters. The standard InChI is InChI=1S/C18H21BrN2O3/c1-11-10-12(6-7-15(11)19)20-16(22)8-9-21-17(23)13-4-2-3-5-14(13)18(21)24/h6-7,10,13-14H,2-5,8-9H2,1H3,(H,20,22)/t13-,14-/m0/s1. The minimum Gasteiger partial charge on any atom is -0.326 e. The number of likely N-dealkylation sites (tertiary alicyclic amines) is 1. The van der Waals surface area contributed by atoms with Gasteiger partial charge >= 0.3 is 0 Å². The van der Waals surface area contributed by atoms with Crippen molar-refractivity contribution in [3.05, 3.63) is 28.2 Å². The minimum absolute atomic E-state index is 0.0861. The van der Waals surface area contributed by atoms with E-state index in [1.807, 2.05) is 25.1 Å². The highest BCUT2D eigenvalue weighted by Crippen LogP contribution is 2.37. The van der Waals surface area contributed by atoms with Crippen LogP contribution in [0, 0.1) is 18.8 Å². The molecule has 1 aliphatic carbocycles. The van der Waals surface area contributed by atoms with E-state index in [2.05, 4.69) is 21.2 Å². The third kappa shape index (κ3) is 3.38. The van der Waals surface area contributed by atoms with Crippen LogP contribution in [0.2, 0.25) is 0 Å². The molecular weight excluding hydrogens is 372 g/mol. The van der Waals surface area contributed by atoms with E-state index in [-0.39, 0.29) is 42.5 Å². The first-order chi connectivity index (χ1) is 11.5. The summed E-state index contributed by atoms with van der Waals surface area (Å²) >= 11 is 3.42. The quantitative estimate of drug-likeness (QED) is 0.799. The number of imide groups is 1. The van der Waals surface area contributed by atoms with E-state index in [9.17, 15) is 14.4 Å². The highest BCUT2D eigenvalue weighted by atomic mass is 79.9. The van der Waals surface area contributed by atoms with Crippen LogP contribution in [0.5, 0.6) is 0 Å². The second kappa shape index (κ2) is 7.05. The predicted octanol–water partition coefficient (Wildman–Crippen LogP) is 3.26. The summed E-state index contributed by atoms with van der Waals surface area (Å²) in [6, 6.07) is 5.57. The topological polar surface area (TPSA) is 66.5 Å². The first-order valence-corrected chi connectivity index (χ1v) is 9.18. The van der Waals surface area contributed by atoms with Crippen LogP contribution in [0.25, 0.3) is 0 Å². The Balaban J connectivity index is 1.57. The van der Waals surface area contributed by atoms with E-state index in [0.717, 1.165) is 35.7 Å². The molecule has 2 aliphatic rings. The summed E-state index contributed by atoms with van der Waals surface area (Å²) in [5, 5.41) is 2.82. The number of nitrogens with zero attached hydrogens (tertiary/aromatic N) is 1. The van der Waals surface area contributed by atoms with Gasteiger partial charge in [0.05, 0.1) is 11.8 Å². The van der Waals surface area contributed by atoms with Gasteiger partial charge in [-0.05, 0) is 43.5 Å². The van der Waals surface area contributed by atoms with Crippen LogP contribution in [-0.2, 0) is 14.4 Å². The van der Waals surface area contributed by atoms with Gasteiger partial charge in [0, 0.05) is 23.1 Å². The summed E-state index contributed by atoms with van der Waals surface area (Å²) in [6.07, 6.45) is 3.76. The summed E-state index contributed by atoms with van der Waals surface area (Å²) in [6.45, 7) is 2.12. The molecule has 3 rings (SSSR count).